The largest absolute Gasteiger partial charge is 0.205 e. The van der Waals surface area contributed by atoms with Crippen molar-refractivity contribution in [1.29, 1.82) is 0 Å². The lowest BCUT2D eigenvalue weighted by atomic mass is 9.96. The van der Waals surface area contributed by atoms with Gasteiger partial charge in [-0.2, -0.15) is 0 Å². The zero-order valence-electron chi connectivity index (χ0n) is 11.6. The van der Waals surface area contributed by atoms with Gasteiger partial charge in [-0.3, -0.25) is 0 Å². The summed E-state index contributed by atoms with van der Waals surface area (Å²) in [5.41, 5.74) is 3.90. The molecule has 0 N–H and O–H groups in total. The molecule has 20 heavy (non-hydrogen) atoms. The Hall–Kier alpha value is -1.05. The Morgan fingerprint density at radius 3 is 2.40 bits per heavy atom. The molecule has 0 spiro atoms. The lowest BCUT2D eigenvalue weighted by Crippen LogP contribution is -2.00. The third kappa shape index (κ3) is 2.99. The maximum Gasteiger partial charge on any atom is 0.146 e. The highest BCUT2D eigenvalue weighted by Gasteiger charge is 2.17. The van der Waals surface area contributed by atoms with Crippen molar-refractivity contribution in [3.63, 3.8) is 0 Å². The van der Waals surface area contributed by atoms with Crippen molar-refractivity contribution in [2.75, 3.05) is 0 Å². The van der Waals surface area contributed by atoms with E-state index in [1.165, 1.54) is 17.2 Å². The molecule has 0 fully saturated rings. The van der Waals surface area contributed by atoms with Gasteiger partial charge in [0.1, 0.15) is 5.82 Å². The first-order valence-electron chi connectivity index (χ1n) is 6.78. The summed E-state index contributed by atoms with van der Waals surface area (Å²) in [4.78, 5) is 0. The number of alkyl halides is 1. The molecule has 2 rings (SSSR count). The summed E-state index contributed by atoms with van der Waals surface area (Å²) in [5.74, 6) is -0.438. The van der Waals surface area contributed by atoms with Crippen LogP contribution < -0.4 is 0 Å². The number of halogens is 3. The van der Waals surface area contributed by atoms with Crippen LogP contribution in [0.1, 0.15) is 41.5 Å². The van der Waals surface area contributed by atoms with Crippen LogP contribution in [0.4, 0.5) is 4.39 Å². The summed E-state index contributed by atoms with van der Waals surface area (Å²) >= 11 is 12.3. The predicted molar refractivity (Wildman–Crippen MR) is 84.3 cm³/mol. The number of rotatable bonds is 4. The van der Waals surface area contributed by atoms with Gasteiger partial charge < -0.3 is 0 Å². The monoisotopic (exact) mass is 310 g/mol. The molecule has 3 heteroatoms. The molecule has 0 heterocycles. The Morgan fingerprint density at radius 2 is 1.75 bits per heavy atom. The van der Waals surface area contributed by atoms with Gasteiger partial charge in [0.2, 0.25) is 0 Å². The van der Waals surface area contributed by atoms with Crippen LogP contribution in [0.2, 0.25) is 5.02 Å². The zero-order chi connectivity index (χ0) is 14.7. The molecular weight excluding hydrogens is 294 g/mol. The number of hydrogen-bond donors (Lipinski definition) is 0. The summed E-state index contributed by atoms with van der Waals surface area (Å²) in [5, 5.41) is -0.418. The second-order valence-electron chi connectivity index (χ2n) is 4.74. The number of benzene rings is 2. The number of hydrogen-bond acceptors (Lipinski definition) is 0. The Labute approximate surface area is 129 Å². The van der Waals surface area contributed by atoms with Gasteiger partial charge in [0.05, 0.1) is 10.4 Å². The molecule has 0 amide bonds. The maximum absolute atomic E-state index is 14.0. The van der Waals surface area contributed by atoms with Gasteiger partial charge in [0.15, 0.2) is 0 Å². The average molecular weight is 311 g/mol. The normalized spacial score (nSPS) is 12.4. The molecule has 106 valence electrons. The summed E-state index contributed by atoms with van der Waals surface area (Å²) in [6, 6.07) is 11.0. The van der Waals surface area contributed by atoms with Gasteiger partial charge >= 0.3 is 0 Å². The number of aryl methyl sites for hydroxylation is 2. The van der Waals surface area contributed by atoms with Crippen molar-refractivity contribution < 1.29 is 4.39 Å². The standard InChI is InChI=1S/C17H17Cl2F/c1-3-11-8-9-13(10-12(11)4-2)16(19)14-6-5-7-15(18)17(14)20/h5-10,16H,3-4H2,1-2H3. The molecular formula is C17H17Cl2F. The summed E-state index contributed by atoms with van der Waals surface area (Å²) in [6.07, 6.45) is 1.93. The first kappa shape index (κ1) is 15.3. The van der Waals surface area contributed by atoms with Gasteiger partial charge in [-0.1, -0.05) is 55.8 Å². The molecule has 0 aliphatic carbocycles. The quantitative estimate of drug-likeness (QED) is 0.614. The van der Waals surface area contributed by atoms with E-state index < -0.39 is 11.2 Å². The summed E-state index contributed by atoms with van der Waals surface area (Å²) in [6.45, 7) is 4.24. The van der Waals surface area contributed by atoms with Crippen LogP contribution in [0, 0.1) is 5.82 Å². The lowest BCUT2D eigenvalue weighted by Gasteiger charge is -2.15. The van der Waals surface area contributed by atoms with Crippen LogP contribution in [0.15, 0.2) is 36.4 Å². The molecule has 0 aliphatic rings. The molecule has 1 atom stereocenters. The van der Waals surface area contributed by atoms with Crippen molar-refractivity contribution >= 4 is 23.2 Å². The Kier molecular flexibility index (Phi) is 5.06. The molecule has 0 aliphatic heterocycles. The highest BCUT2D eigenvalue weighted by atomic mass is 35.5. The van der Waals surface area contributed by atoms with Crippen LogP contribution in [-0.2, 0) is 12.8 Å². The third-order valence-electron chi connectivity index (χ3n) is 3.54. The van der Waals surface area contributed by atoms with Crippen molar-refractivity contribution in [1.82, 2.24) is 0 Å². The van der Waals surface area contributed by atoms with E-state index in [-0.39, 0.29) is 5.02 Å². The Morgan fingerprint density at radius 1 is 1.05 bits per heavy atom. The van der Waals surface area contributed by atoms with E-state index >= 15 is 0 Å². The lowest BCUT2D eigenvalue weighted by molar-refractivity contribution is 0.613. The van der Waals surface area contributed by atoms with Crippen LogP contribution in [0.5, 0.6) is 0 Å². The second-order valence-corrected chi connectivity index (χ2v) is 5.58. The third-order valence-corrected chi connectivity index (χ3v) is 4.32. The molecule has 2 aromatic rings. The second kappa shape index (κ2) is 6.60. The van der Waals surface area contributed by atoms with Gasteiger partial charge in [-0.15, -0.1) is 11.6 Å². The highest BCUT2D eigenvalue weighted by molar-refractivity contribution is 6.31. The van der Waals surface area contributed by atoms with Crippen molar-refractivity contribution in [2.24, 2.45) is 0 Å². The first-order chi connectivity index (χ1) is 9.58. The van der Waals surface area contributed by atoms with E-state index in [9.17, 15) is 4.39 Å². The van der Waals surface area contributed by atoms with E-state index in [0.29, 0.717) is 5.56 Å². The molecule has 0 saturated heterocycles. The van der Waals surface area contributed by atoms with E-state index in [4.69, 9.17) is 23.2 Å². The fraction of sp³-hybridized carbons (Fsp3) is 0.294. The van der Waals surface area contributed by atoms with Crippen LogP contribution in [-0.4, -0.2) is 0 Å². The van der Waals surface area contributed by atoms with Gasteiger partial charge in [-0.05, 0) is 35.6 Å². The van der Waals surface area contributed by atoms with E-state index in [1.54, 1.807) is 12.1 Å². The summed E-state index contributed by atoms with van der Waals surface area (Å²) in [7, 11) is 0. The zero-order valence-corrected chi connectivity index (χ0v) is 13.1. The molecule has 0 bridgehead atoms. The Bertz CT molecular complexity index is 608. The van der Waals surface area contributed by atoms with Crippen molar-refractivity contribution in [3.05, 3.63) is 69.5 Å². The van der Waals surface area contributed by atoms with Crippen LogP contribution >= 0.6 is 23.2 Å². The topological polar surface area (TPSA) is 0 Å². The van der Waals surface area contributed by atoms with Gasteiger partial charge in [0.25, 0.3) is 0 Å². The minimum absolute atomic E-state index is 0.106. The Balaban J connectivity index is 2.43. The highest BCUT2D eigenvalue weighted by Crippen LogP contribution is 2.34. The molecule has 0 radical (unpaired) electrons. The smallest absolute Gasteiger partial charge is 0.146 e. The molecule has 0 saturated carbocycles. The van der Waals surface area contributed by atoms with Crippen molar-refractivity contribution in [3.8, 4) is 0 Å². The molecule has 1 unspecified atom stereocenters. The predicted octanol–water partition coefficient (Wildman–Crippen LogP) is 5.93. The van der Waals surface area contributed by atoms with E-state index in [2.05, 4.69) is 26.0 Å². The summed E-state index contributed by atoms with van der Waals surface area (Å²) < 4.78 is 14.0. The molecule has 0 nitrogen and oxygen atoms in total. The minimum atomic E-state index is -0.523. The van der Waals surface area contributed by atoms with E-state index in [1.807, 2.05) is 6.07 Å². The minimum Gasteiger partial charge on any atom is -0.205 e. The van der Waals surface area contributed by atoms with Crippen molar-refractivity contribution in [2.45, 2.75) is 32.1 Å². The fourth-order valence-corrected chi connectivity index (χ4v) is 2.86. The average Bonchev–Trinajstić information content (AvgIpc) is 2.48. The van der Waals surface area contributed by atoms with Gasteiger partial charge in [-0.25, -0.2) is 4.39 Å². The molecule has 0 aromatic heterocycles. The van der Waals surface area contributed by atoms with Crippen LogP contribution in [0.3, 0.4) is 0 Å². The van der Waals surface area contributed by atoms with Crippen LogP contribution in [0.25, 0.3) is 0 Å². The maximum atomic E-state index is 14.0. The van der Waals surface area contributed by atoms with E-state index in [0.717, 1.165) is 18.4 Å². The SMILES string of the molecule is CCc1ccc(C(Cl)c2cccc(Cl)c2F)cc1CC. The first-order valence-corrected chi connectivity index (χ1v) is 7.59. The molecule has 2 aromatic carbocycles. The van der Waals surface area contributed by atoms with Gasteiger partial charge in [0, 0.05) is 5.56 Å². The fourth-order valence-electron chi connectivity index (χ4n) is 2.37.